The van der Waals surface area contributed by atoms with E-state index >= 15 is 0 Å². The average molecular weight is 421 g/mol. The third kappa shape index (κ3) is 6.68. The standard InChI is InChI=1S/C27H36N2O2/c1-19-9-8-10-23(14-19)18-29(22(4)27(31)28-25-11-6-5-7-12-25)26(30)17-24-15-20(2)13-21(3)16-24/h8-10,13-16,22,25H,5-7,11-12,17-18H2,1-4H3,(H,28,31)/t22-/m1/s1. The number of carbonyl (C=O) groups excluding carboxylic acids is 2. The topological polar surface area (TPSA) is 49.4 Å². The molecule has 166 valence electrons. The fraction of sp³-hybridized carbons (Fsp3) is 0.481. The van der Waals surface area contributed by atoms with Crippen LogP contribution in [0.4, 0.5) is 0 Å². The molecular formula is C27H36N2O2. The normalized spacial score (nSPS) is 15.4. The van der Waals surface area contributed by atoms with Crippen molar-refractivity contribution in [3.05, 3.63) is 70.3 Å². The summed E-state index contributed by atoms with van der Waals surface area (Å²) in [6.07, 6.45) is 5.95. The van der Waals surface area contributed by atoms with Crippen LogP contribution in [0.5, 0.6) is 0 Å². The molecule has 0 radical (unpaired) electrons. The molecule has 2 aromatic rings. The number of nitrogens with zero attached hydrogens (tertiary/aromatic N) is 1. The lowest BCUT2D eigenvalue weighted by atomic mass is 9.95. The smallest absolute Gasteiger partial charge is 0.242 e. The van der Waals surface area contributed by atoms with Gasteiger partial charge < -0.3 is 10.2 Å². The zero-order chi connectivity index (χ0) is 22.4. The molecule has 31 heavy (non-hydrogen) atoms. The molecule has 0 saturated heterocycles. The minimum absolute atomic E-state index is 0.0159. The molecular weight excluding hydrogens is 384 g/mol. The molecule has 0 heterocycles. The molecule has 1 aliphatic carbocycles. The van der Waals surface area contributed by atoms with Gasteiger partial charge in [0.2, 0.25) is 11.8 Å². The summed E-state index contributed by atoms with van der Waals surface area (Å²) in [7, 11) is 0. The number of benzene rings is 2. The van der Waals surface area contributed by atoms with E-state index in [1.165, 1.54) is 6.42 Å². The van der Waals surface area contributed by atoms with Gasteiger partial charge in [0.1, 0.15) is 6.04 Å². The van der Waals surface area contributed by atoms with Gasteiger partial charge in [0.25, 0.3) is 0 Å². The number of rotatable bonds is 7. The second-order valence-corrected chi connectivity index (χ2v) is 9.20. The van der Waals surface area contributed by atoms with Gasteiger partial charge in [-0.2, -0.15) is 0 Å². The Hall–Kier alpha value is -2.62. The summed E-state index contributed by atoms with van der Waals surface area (Å²) in [5.41, 5.74) is 5.49. The van der Waals surface area contributed by atoms with Gasteiger partial charge in [-0.1, -0.05) is 78.4 Å². The Morgan fingerprint density at radius 1 is 0.935 bits per heavy atom. The van der Waals surface area contributed by atoms with Gasteiger partial charge in [-0.3, -0.25) is 9.59 Å². The van der Waals surface area contributed by atoms with Gasteiger partial charge in [0.15, 0.2) is 0 Å². The van der Waals surface area contributed by atoms with Crippen LogP contribution >= 0.6 is 0 Å². The van der Waals surface area contributed by atoms with Crippen molar-refractivity contribution in [2.24, 2.45) is 0 Å². The van der Waals surface area contributed by atoms with Crippen LogP contribution < -0.4 is 5.32 Å². The highest BCUT2D eigenvalue weighted by atomic mass is 16.2. The summed E-state index contributed by atoms with van der Waals surface area (Å²) in [4.78, 5) is 28.2. The first-order chi connectivity index (χ1) is 14.8. The molecule has 3 rings (SSSR count). The molecule has 2 amide bonds. The van der Waals surface area contributed by atoms with Gasteiger partial charge in [0, 0.05) is 12.6 Å². The molecule has 4 heteroatoms. The predicted molar refractivity (Wildman–Crippen MR) is 126 cm³/mol. The molecule has 1 saturated carbocycles. The largest absolute Gasteiger partial charge is 0.352 e. The maximum absolute atomic E-state index is 13.4. The van der Waals surface area contributed by atoms with Crippen molar-refractivity contribution in [3.8, 4) is 0 Å². The van der Waals surface area contributed by atoms with E-state index in [4.69, 9.17) is 0 Å². The van der Waals surface area contributed by atoms with Crippen LogP contribution in [0, 0.1) is 20.8 Å². The first kappa shape index (κ1) is 23.1. The fourth-order valence-corrected chi connectivity index (χ4v) is 4.61. The molecule has 1 aliphatic rings. The highest BCUT2D eigenvalue weighted by Gasteiger charge is 2.28. The van der Waals surface area contributed by atoms with E-state index in [2.05, 4.69) is 29.6 Å². The van der Waals surface area contributed by atoms with Crippen LogP contribution in [0.15, 0.2) is 42.5 Å². The third-order valence-corrected chi connectivity index (χ3v) is 6.19. The third-order valence-electron chi connectivity index (χ3n) is 6.19. The molecule has 0 aromatic heterocycles. The Balaban J connectivity index is 1.78. The van der Waals surface area contributed by atoms with Crippen LogP contribution in [-0.4, -0.2) is 28.8 Å². The number of hydrogen-bond acceptors (Lipinski definition) is 2. The molecule has 4 nitrogen and oxygen atoms in total. The first-order valence-corrected chi connectivity index (χ1v) is 11.5. The molecule has 2 aromatic carbocycles. The van der Waals surface area contributed by atoms with Gasteiger partial charge in [-0.25, -0.2) is 0 Å². The van der Waals surface area contributed by atoms with Crippen molar-refractivity contribution in [1.82, 2.24) is 10.2 Å². The van der Waals surface area contributed by atoms with Crippen LogP contribution in [0.2, 0.25) is 0 Å². The van der Waals surface area contributed by atoms with E-state index in [0.29, 0.717) is 13.0 Å². The maximum atomic E-state index is 13.4. The summed E-state index contributed by atoms with van der Waals surface area (Å²) in [5, 5.41) is 3.20. The Kier molecular flexibility index (Phi) is 7.89. The van der Waals surface area contributed by atoms with Crippen molar-refractivity contribution >= 4 is 11.8 Å². The summed E-state index contributed by atoms with van der Waals surface area (Å²) >= 11 is 0. The summed E-state index contributed by atoms with van der Waals surface area (Å²) < 4.78 is 0. The minimum Gasteiger partial charge on any atom is -0.352 e. The lowest BCUT2D eigenvalue weighted by molar-refractivity contribution is -0.140. The highest BCUT2D eigenvalue weighted by Crippen LogP contribution is 2.19. The average Bonchev–Trinajstić information content (AvgIpc) is 2.71. The molecule has 1 atom stereocenters. The Bertz CT molecular complexity index is 895. The monoisotopic (exact) mass is 420 g/mol. The van der Waals surface area contributed by atoms with E-state index in [0.717, 1.165) is 53.5 Å². The second-order valence-electron chi connectivity index (χ2n) is 9.20. The van der Waals surface area contributed by atoms with Crippen molar-refractivity contribution in [2.75, 3.05) is 0 Å². The predicted octanol–water partition coefficient (Wildman–Crippen LogP) is 5.02. The van der Waals surface area contributed by atoms with Gasteiger partial charge in [-0.15, -0.1) is 0 Å². The zero-order valence-electron chi connectivity index (χ0n) is 19.4. The van der Waals surface area contributed by atoms with Crippen molar-refractivity contribution < 1.29 is 9.59 Å². The van der Waals surface area contributed by atoms with E-state index in [1.54, 1.807) is 4.90 Å². The quantitative estimate of drug-likeness (QED) is 0.684. The first-order valence-electron chi connectivity index (χ1n) is 11.5. The number of aryl methyl sites for hydroxylation is 3. The number of carbonyl (C=O) groups is 2. The van der Waals surface area contributed by atoms with Crippen LogP contribution in [0.25, 0.3) is 0 Å². The van der Waals surface area contributed by atoms with Crippen LogP contribution in [0.1, 0.15) is 66.8 Å². The Morgan fingerprint density at radius 2 is 1.58 bits per heavy atom. The number of amides is 2. The highest BCUT2D eigenvalue weighted by molar-refractivity contribution is 5.88. The Morgan fingerprint density at radius 3 is 2.23 bits per heavy atom. The van der Waals surface area contributed by atoms with Crippen LogP contribution in [-0.2, 0) is 22.6 Å². The summed E-state index contributed by atoms with van der Waals surface area (Å²) in [6, 6.07) is 14.1. The molecule has 1 fully saturated rings. The fourth-order valence-electron chi connectivity index (χ4n) is 4.61. The van der Waals surface area contributed by atoms with Gasteiger partial charge in [0.05, 0.1) is 6.42 Å². The number of nitrogens with one attached hydrogen (secondary N) is 1. The van der Waals surface area contributed by atoms with Crippen molar-refractivity contribution in [1.29, 1.82) is 0 Å². The van der Waals surface area contributed by atoms with E-state index < -0.39 is 6.04 Å². The van der Waals surface area contributed by atoms with Crippen LogP contribution in [0.3, 0.4) is 0 Å². The summed E-state index contributed by atoms with van der Waals surface area (Å²) in [6.45, 7) is 8.43. The van der Waals surface area contributed by atoms with E-state index in [1.807, 2.05) is 45.9 Å². The molecule has 0 aliphatic heterocycles. The lowest BCUT2D eigenvalue weighted by Gasteiger charge is -2.31. The molecule has 0 unspecified atom stereocenters. The van der Waals surface area contributed by atoms with E-state index in [-0.39, 0.29) is 17.9 Å². The van der Waals surface area contributed by atoms with E-state index in [9.17, 15) is 9.59 Å². The molecule has 0 bridgehead atoms. The van der Waals surface area contributed by atoms with Gasteiger partial charge in [-0.05, 0) is 51.7 Å². The molecule has 1 N–H and O–H groups in total. The second kappa shape index (κ2) is 10.6. The van der Waals surface area contributed by atoms with Gasteiger partial charge >= 0.3 is 0 Å². The number of hydrogen-bond donors (Lipinski definition) is 1. The Labute approximate surface area is 187 Å². The summed E-state index contributed by atoms with van der Waals surface area (Å²) in [5.74, 6) is -0.0638. The minimum atomic E-state index is -0.513. The lowest BCUT2D eigenvalue weighted by Crippen LogP contribution is -2.50. The molecule has 0 spiro atoms. The van der Waals surface area contributed by atoms with Crippen molar-refractivity contribution in [3.63, 3.8) is 0 Å². The zero-order valence-corrected chi connectivity index (χ0v) is 19.4. The SMILES string of the molecule is Cc1cc(C)cc(CC(=O)N(Cc2cccc(C)c2)[C@H](C)C(=O)NC2CCCCC2)c1. The maximum Gasteiger partial charge on any atom is 0.242 e. The van der Waals surface area contributed by atoms with Crippen molar-refractivity contribution in [2.45, 2.75) is 84.8 Å².